The van der Waals surface area contributed by atoms with Crippen LogP contribution in [0.15, 0.2) is 58.3 Å². The van der Waals surface area contributed by atoms with Crippen LogP contribution in [0.3, 0.4) is 0 Å². The first kappa shape index (κ1) is 18.4. The second-order valence-corrected chi connectivity index (χ2v) is 6.76. The van der Waals surface area contributed by atoms with Gasteiger partial charge < -0.3 is 10.1 Å². The van der Waals surface area contributed by atoms with E-state index < -0.39 is 0 Å². The Bertz CT molecular complexity index is 658. The Kier molecular flexibility index (Phi) is 7.69. The van der Waals surface area contributed by atoms with E-state index >= 15 is 0 Å². The summed E-state index contributed by atoms with van der Waals surface area (Å²) in [7, 11) is 0. The minimum atomic E-state index is -0.179. The molecule has 0 aliphatic heterocycles. The minimum absolute atomic E-state index is 0.179. The molecule has 2 aromatic rings. The van der Waals surface area contributed by atoms with Crippen molar-refractivity contribution in [3.63, 3.8) is 0 Å². The minimum Gasteiger partial charge on any atom is -0.426 e. The molecule has 0 fully saturated rings. The number of hydrogen-bond acceptors (Lipinski definition) is 4. The molecule has 24 heavy (non-hydrogen) atoms. The number of ether oxygens (including phenoxy) is 1. The second-order valence-electron chi connectivity index (χ2n) is 5.61. The lowest BCUT2D eigenvalue weighted by Gasteiger charge is -2.09. The van der Waals surface area contributed by atoms with Gasteiger partial charge in [0.05, 0.1) is 0 Å². The van der Waals surface area contributed by atoms with Crippen LogP contribution < -0.4 is 10.1 Å². The summed E-state index contributed by atoms with van der Waals surface area (Å²) >= 11 is 1.66. The third-order valence-electron chi connectivity index (χ3n) is 3.42. The molecule has 0 aliphatic carbocycles. The number of benzene rings is 2. The molecule has 0 aliphatic rings. The molecule has 2 rings (SSSR count). The van der Waals surface area contributed by atoms with Gasteiger partial charge in [-0.2, -0.15) is 0 Å². The lowest BCUT2D eigenvalue weighted by Crippen LogP contribution is -2.06. The number of hydrogen-bond donors (Lipinski definition) is 1. The highest BCUT2D eigenvalue weighted by molar-refractivity contribution is 7.99. The van der Waals surface area contributed by atoms with Crippen molar-refractivity contribution < 1.29 is 9.53 Å². The second kappa shape index (κ2) is 10.0. The molecule has 0 saturated carbocycles. The van der Waals surface area contributed by atoms with Gasteiger partial charge in [-0.1, -0.05) is 44.2 Å². The van der Waals surface area contributed by atoms with Crippen LogP contribution in [0, 0.1) is 0 Å². The molecule has 3 nitrogen and oxygen atoms in total. The summed E-state index contributed by atoms with van der Waals surface area (Å²) in [5, 5.41) is 3.44. The molecular formula is C20H25NO2S. The smallest absolute Gasteiger partial charge is 0.311 e. The summed E-state index contributed by atoms with van der Waals surface area (Å²) in [6.45, 7) is 5.15. The van der Waals surface area contributed by atoms with Crippen LogP contribution in [0.1, 0.15) is 39.5 Å². The maximum absolute atomic E-state index is 11.6. The van der Waals surface area contributed by atoms with E-state index in [1.807, 2.05) is 31.2 Å². The molecule has 1 N–H and O–H groups in total. The predicted molar refractivity (Wildman–Crippen MR) is 101 cm³/mol. The fraction of sp³-hybridized carbons (Fsp3) is 0.350. The van der Waals surface area contributed by atoms with Crippen molar-refractivity contribution in [3.05, 3.63) is 48.5 Å². The van der Waals surface area contributed by atoms with Crippen molar-refractivity contribution in [1.29, 1.82) is 0 Å². The molecule has 0 amide bonds. The van der Waals surface area contributed by atoms with Crippen LogP contribution in [-0.2, 0) is 4.79 Å². The van der Waals surface area contributed by atoms with Gasteiger partial charge in [0, 0.05) is 28.4 Å². The Labute approximate surface area is 148 Å². The molecule has 0 aromatic heterocycles. The number of carbonyl (C=O) groups is 1. The highest BCUT2D eigenvalue weighted by atomic mass is 32.2. The first-order chi connectivity index (χ1) is 11.7. The van der Waals surface area contributed by atoms with Gasteiger partial charge in [0.15, 0.2) is 0 Å². The van der Waals surface area contributed by atoms with E-state index in [9.17, 15) is 4.79 Å². The first-order valence-electron chi connectivity index (χ1n) is 8.53. The fourth-order valence-electron chi connectivity index (χ4n) is 2.20. The lowest BCUT2D eigenvalue weighted by atomic mass is 10.3. The summed E-state index contributed by atoms with van der Waals surface area (Å²) in [6, 6.07) is 16.1. The molecule has 2 aromatic carbocycles. The quantitative estimate of drug-likeness (QED) is 0.357. The SMILES string of the molecule is CCCCNc1cccc(Sc2cccc(OC(=O)CCC)c2)c1. The summed E-state index contributed by atoms with van der Waals surface area (Å²) in [4.78, 5) is 13.8. The van der Waals surface area contributed by atoms with Gasteiger partial charge in [-0.3, -0.25) is 4.79 Å². The van der Waals surface area contributed by atoms with Crippen molar-refractivity contribution in [2.75, 3.05) is 11.9 Å². The van der Waals surface area contributed by atoms with Gasteiger partial charge >= 0.3 is 5.97 Å². The molecular weight excluding hydrogens is 318 g/mol. The van der Waals surface area contributed by atoms with Crippen molar-refractivity contribution in [1.82, 2.24) is 0 Å². The van der Waals surface area contributed by atoms with Crippen LogP contribution >= 0.6 is 11.8 Å². The Morgan fingerprint density at radius 1 is 1.04 bits per heavy atom. The zero-order chi connectivity index (χ0) is 17.2. The van der Waals surface area contributed by atoms with E-state index in [1.54, 1.807) is 11.8 Å². The van der Waals surface area contributed by atoms with Crippen molar-refractivity contribution in [2.24, 2.45) is 0 Å². The van der Waals surface area contributed by atoms with Gasteiger partial charge in [0.25, 0.3) is 0 Å². The summed E-state index contributed by atoms with van der Waals surface area (Å²) in [6.07, 6.45) is 3.60. The maximum Gasteiger partial charge on any atom is 0.311 e. The topological polar surface area (TPSA) is 38.3 Å². The van der Waals surface area contributed by atoms with E-state index in [2.05, 4.69) is 36.5 Å². The molecule has 128 valence electrons. The summed E-state index contributed by atoms with van der Waals surface area (Å²) < 4.78 is 5.36. The average molecular weight is 343 g/mol. The van der Waals surface area contributed by atoms with Gasteiger partial charge in [0.1, 0.15) is 5.75 Å². The van der Waals surface area contributed by atoms with Crippen molar-refractivity contribution in [2.45, 2.75) is 49.3 Å². The number of unbranched alkanes of at least 4 members (excludes halogenated alkanes) is 1. The molecule has 0 heterocycles. The van der Waals surface area contributed by atoms with Crippen LogP contribution in [-0.4, -0.2) is 12.5 Å². The van der Waals surface area contributed by atoms with E-state index in [4.69, 9.17) is 4.74 Å². The van der Waals surface area contributed by atoms with E-state index in [0.29, 0.717) is 12.2 Å². The first-order valence-corrected chi connectivity index (χ1v) is 9.35. The Balaban J connectivity index is 2.00. The predicted octanol–water partition coefficient (Wildman–Crippen LogP) is 5.76. The highest BCUT2D eigenvalue weighted by Crippen LogP contribution is 2.31. The van der Waals surface area contributed by atoms with E-state index in [0.717, 1.165) is 28.4 Å². The van der Waals surface area contributed by atoms with E-state index in [1.165, 1.54) is 12.8 Å². The molecule has 0 radical (unpaired) electrons. The number of nitrogens with one attached hydrogen (secondary N) is 1. The maximum atomic E-state index is 11.6. The standard InChI is InChI=1S/C20H25NO2S/c1-3-5-13-21-16-9-6-11-18(14-16)24-19-12-7-10-17(15-19)23-20(22)8-4-2/h6-7,9-12,14-15,21H,3-5,8,13H2,1-2H3. The third-order valence-corrected chi connectivity index (χ3v) is 4.40. The zero-order valence-electron chi connectivity index (χ0n) is 14.4. The molecule has 4 heteroatoms. The van der Waals surface area contributed by atoms with Crippen LogP contribution in [0.5, 0.6) is 5.75 Å². The van der Waals surface area contributed by atoms with Crippen LogP contribution in [0.2, 0.25) is 0 Å². The Morgan fingerprint density at radius 2 is 1.79 bits per heavy atom. The summed E-state index contributed by atoms with van der Waals surface area (Å²) in [5.41, 5.74) is 1.14. The molecule has 0 atom stereocenters. The van der Waals surface area contributed by atoms with Crippen LogP contribution in [0.4, 0.5) is 5.69 Å². The normalized spacial score (nSPS) is 10.4. The van der Waals surface area contributed by atoms with E-state index in [-0.39, 0.29) is 5.97 Å². The largest absolute Gasteiger partial charge is 0.426 e. The fourth-order valence-corrected chi connectivity index (χ4v) is 3.13. The van der Waals surface area contributed by atoms with Crippen molar-refractivity contribution in [3.8, 4) is 5.75 Å². The summed E-state index contributed by atoms with van der Waals surface area (Å²) in [5.74, 6) is 0.428. The number of anilines is 1. The average Bonchev–Trinajstić information content (AvgIpc) is 2.56. The zero-order valence-corrected chi connectivity index (χ0v) is 15.2. The Hall–Kier alpha value is -1.94. The molecule has 0 unspecified atom stereocenters. The van der Waals surface area contributed by atoms with Gasteiger partial charge in [-0.05, 0) is 49.2 Å². The van der Waals surface area contributed by atoms with Crippen molar-refractivity contribution >= 4 is 23.4 Å². The Morgan fingerprint density at radius 3 is 2.54 bits per heavy atom. The molecule has 0 bridgehead atoms. The third kappa shape index (κ3) is 6.28. The monoisotopic (exact) mass is 343 g/mol. The molecule has 0 saturated heterocycles. The highest BCUT2D eigenvalue weighted by Gasteiger charge is 2.05. The number of carbonyl (C=O) groups excluding carboxylic acids is 1. The number of rotatable bonds is 9. The van der Waals surface area contributed by atoms with Crippen LogP contribution in [0.25, 0.3) is 0 Å². The van der Waals surface area contributed by atoms with Gasteiger partial charge in [-0.15, -0.1) is 0 Å². The molecule has 0 spiro atoms. The number of esters is 1. The van der Waals surface area contributed by atoms with Gasteiger partial charge in [0.2, 0.25) is 0 Å². The lowest BCUT2D eigenvalue weighted by molar-refractivity contribution is -0.134. The van der Waals surface area contributed by atoms with Gasteiger partial charge in [-0.25, -0.2) is 0 Å².